The Balaban J connectivity index is 1.52. The first-order chi connectivity index (χ1) is 24.0. The zero-order valence-corrected chi connectivity index (χ0v) is 29.5. The second-order valence-corrected chi connectivity index (χ2v) is 13.6. The Morgan fingerprint density at radius 2 is 1.92 bits per heavy atom. The average Bonchev–Trinajstić information content (AvgIpc) is 3.76. The van der Waals surface area contributed by atoms with Gasteiger partial charge in [0.05, 0.1) is 53.9 Å². The highest BCUT2D eigenvalue weighted by Gasteiger charge is 2.75. The first-order valence-corrected chi connectivity index (χ1v) is 17.3. The molecule has 2 aromatic carbocycles. The van der Waals surface area contributed by atoms with Gasteiger partial charge in [-0.2, -0.15) is 0 Å². The number of amides is 3. The summed E-state index contributed by atoms with van der Waals surface area (Å²) in [5, 5.41) is 13.6. The fourth-order valence-corrected chi connectivity index (χ4v) is 8.18. The molecule has 0 aliphatic carbocycles. The third-order valence-electron chi connectivity index (χ3n) is 10.0. The number of esters is 1. The Hall–Kier alpha value is -4.03. The molecule has 2 N–H and O–H groups in total. The molecule has 268 valence electrons. The molecule has 3 heterocycles. The van der Waals surface area contributed by atoms with Crippen molar-refractivity contribution < 1.29 is 38.5 Å². The highest BCUT2D eigenvalue weighted by Crippen LogP contribution is 2.59. The number of aliphatic hydroxyl groups is 1. The molecule has 3 aliphatic heterocycles. The van der Waals surface area contributed by atoms with Crippen molar-refractivity contribution in [2.45, 2.75) is 75.5 Å². The van der Waals surface area contributed by atoms with Gasteiger partial charge in [-0.3, -0.25) is 19.2 Å². The zero-order valence-electron chi connectivity index (χ0n) is 28.8. The molecule has 3 amide bonds. The number of carbonyl (C=O) groups excluding carboxylic acids is 4. The predicted molar refractivity (Wildman–Crippen MR) is 188 cm³/mol. The lowest BCUT2D eigenvalue weighted by atomic mass is 9.70. The second-order valence-electron chi connectivity index (χ2n) is 13.2. The van der Waals surface area contributed by atoms with E-state index in [4.69, 9.17) is 25.8 Å². The van der Waals surface area contributed by atoms with Crippen molar-refractivity contribution in [1.82, 2.24) is 10.2 Å². The molecule has 11 nitrogen and oxygen atoms in total. The lowest BCUT2D eigenvalue weighted by Crippen LogP contribution is -2.58. The van der Waals surface area contributed by atoms with Crippen molar-refractivity contribution in [3.63, 3.8) is 0 Å². The van der Waals surface area contributed by atoms with Gasteiger partial charge in [0.1, 0.15) is 17.7 Å². The molecule has 2 aromatic rings. The third kappa shape index (κ3) is 6.84. The number of ether oxygens (including phenoxy) is 3. The molecule has 0 radical (unpaired) electrons. The summed E-state index contributed by atoms with van der Waals surface area (Å²) in [6, 6.07) is 11.7. The van der Waals surface area contributed by atoms with Gasteiger partial charge in [0.2, 0.25) is 11.8 Å². The maximum atomic E-state index is 14.8. The number of aliphatic hydroxyl groups excluding tert-OH is 1. The van der Waals surface area contributed by atoms with E-state index in [0.717, 1.165) is 5.56 Å². The number of halogens is 1. The summed E-state index contributed by atoms with van der Waals surface area (Å²) < 4.78 is 18.3. The van der Waals surface area contributed by atoms with E-state index in [0.29, 0.717) is 35.5 Å². The maximum absolute atomic E-state index is 14.8. The number of fused-ring (bicyclic) bond motifs is 1. The number of hydrogen-bond donors (Lipinski definition) is 2. The third-order valence-corrected chi connectivity index (χ3v) is 10.3. The summed E-state index contributed by atoms with van der Waals surface area (Å²) in [6.07, 6.45) is 3.01. The number of aryl methyl sites for hydroxylation is 1. The van der Waals surface area contributed by atoms with Crippen LogP contribution in [0.5, 0.6) is 0 Å². The highest BCUT2D eigenvalue weighted by atomic mass is 35.5. The summed E-state index contributed by atoms with van der Waals surface area (Å²) >= 11 is 6.64. The molecule has 12 heteroatoms. The minimum Gasteiger partial charge on any atom is -0.455 e. The van der Waals surface area contributed by atoms with Crippen LogP contribution < -0.4 is 10.2 Å². The van der Waals surface area contributed by atoms with Gasteiger partial charge in [-0.25, -0.2) is 0 Å². The fourth-order valence-electron chi connectivity index (χ4n) is 7.86. The zero-order chi connectivity index (χ0) is 36.2. The molecule has 0 saturated carbocycles. The quantitative estimate of drug-likeness (QED) is 0.195. The Morgan fingerprint density at radius 3 is 2.56 bits per heavy atom. The largest absolute Gasteiger partial charge is 0.455 e. The number of anilines is 1. The van der Waals surface area contributed by atoms with Crippen LogP contribution in [-0.4, -0.2) is 90.4 Å². The van der Waals surface area contributed by atoms with Gasteiger partial charge in [0.25, 0.3) is 5.91 Å². The van der Waals surface area contributed by atoms with Crippen LogP contribution in [-0.2, 0) is 33.4 Å². The molecule has 3 aliphatic rings. The normalized spacial score (nSPS) is 25.4. The first kappa shape index (κ1) is 37.2. The Bertz CT molecular complexity index is 1580. The molecule has 50 heavy (non-hydrogen) atoms. The van der Waals surface area contributed by atoms with E-state index in [9.17, 15) is 24.3 Å². The molecular weight excluding hydrogens is 662 g/mol. The standard InChI is InChI=1S/C38H46ClN3O8/c1-6-8-17-29(44)40-27(22-48-5)33(25-14-10-9-11-15-25)49-37(47)30-28-18-19-38(50-28)31(30)35(45)42(24(4)21-43)34(38)36(46)41(20-7-2)32-23(3)13-12-16-26(32)39/h6-7,9-16,24,27-28,30-31,33-34,43H,1-2,8,17-22H2,3-5H3,(H,40,44)/t24-,27+,28+,30-,31-,33+,34+,38-/m1/s1. The number of nitrogens with zero attached hydrogens (tertiary/aromatic N) is 2. The Morgan fingerprint density at radius 1 is 1.18 bits per heavy atom. The van der Waals surface area contributed by atoms with E-state index in [1.54, 1.807) is 55.5 Å². The molecule has 3 fully saturated rings. The van der Waals surface area contributed by atoms with Gasteiger partial charge in [-0.15, -0.1) is 13.2 Å². The summed E-state index contributed by atoms with van der Waals surface area (Å²) in [5.74, 6) is -3.94. The predicted octanol–water partition coefficient (Wildman–Crippen LogP) is 4.30. The minimum absolute atomic E-state index is 0.0442. The molecule has 1 spiro atoms. The number of methoxy groups -OCH3 is 1. The molecule has 8 atom stereocenters. The first-order valence-electron chi connectivity index (χ1n) is 17.0. The molecule has 0 unspecified atom stereocenters. The summed E-state index contributed by atoms with van der Waals surface area (Å²) in [5.41, 5.74) is 0.506. The summed E-state index contributed by atoms with van der Waals surface area (Å²) in [6.45, 7) is 10.8. The van der Waals surface area contributed by atoms with Crippen molar-refractivity contribution in [2.24, 2.45) is 11.8 Å². The van der Waals surface area contributed by atoms with E-state index < -0.39 is 72.2 Å². The van der Waals surface area contributed by atoms with Gasteiger partial charge < -0.3 is 34.4 Å². The lowest BCUT2D eigenvalue weighted by Gasteiger charge is -2.39. The number of carbonyl (C=O) groups is 4. The van der Waals surface area contributed by atoms with Crippen LogP contribution in [0, 0.1) is 18.8 Å². The van der Waals surface area contributed by atoms with E-state index in [-0.39, 0.29) is 25.5 Å². The van der Waals surface area contributed by atoms with Gasteiger partial charge in [0, 0.05) is 20.1 Å². The van der Waals surface area contributed by atoms with Crippen LogP contribution in [0.1, 0.15) is 49.8 Å². The van der Waals surface area contributed by atoms with Gasteiger partial charge in [-0.1, -0.05) is 66.2 Å². The van der Waals surface area contributed by atoms with Crippen LogP contribution in [0.4, 0.5) is 5.69 Å². The number of likely N-dealkylation sites (tertiary alicyclic amines) is 1. The van der Waals surface area contributed by atoms with Crippen LogP contribution in [0.3, 0.4) is 0 Å². The van der Waals surface area contributed by atoms with Crippen molar-refractivity contribution >= 4 is 41.0 Å². The molecule has 2 bridgehead atoms. The average molecular weight is 708 g/mol. The van der Waals surface area contributed by atoms with E-state index in [1.807, 2.05) is 19.1 Å². The Labute approximate surface area is 298 Å². The van der Waals surface area contributed by atoms with E-state index in [2.05, 4.69) is 18.5 Å². The van der Waals surface area contributed by atoms with Crippen molar-refractivity contribution in [3.05, 3.63) is 90.0 Å². The smallest absolute Gasteiger partial charge is 0.313 e. The van der Waals surface area contributed by atoms with Crippen LogP contribution >= 0.6 is 11.6 Å². The summed E-state index contributed by atoms with van der Waals surface area (Å²) in [4.78, 5) is 59.5. The summed E-state index contributed by atoms with van der Waals surface area (Å²) in [7, 11) is 1.49. The fraction of sp³-hybridized carbons (Fsp3) is 0.474. The molecule has 3 saturated heterocycles. The van der Waals surface area contributed by atoms with E-state index >= 15 is 0 Å². The lowest BCUT2D eigenvalue weighted by molar-refractivity contribution is -0.163. The van der Waals surface area contributed by atoms with Gasteiger partial charge in [-0.05, 0) is 50.3 Å². The van der Waals surface area contributed by atoms with Crippen molar-refractivity contribution in [2.75, 3.05) is 31.8 Å². The molecular formula is C38H46ClN3O8. The number of rotatable bonds is 16. The molecule has 0 aromatic heterocycles. The van der Waals surface area contributed by atoms with Crippen LogP contribution in [0.15, 0.2) is 73.8 Å². The van der Waals surface area contributed by atoms with Crippen LogP contribution in [0.2, 0.25) is 5.02 Å². The maximum Gasteiger partial charge on any atom is 0.313 e. The van der Waals surface area contributed by atoms with Crippen molar-refractivity contribution in [3.8, 4) is 0 Å². The van der Waals surface area contributed by atoms with Gasteiger partial charge in [0.15, 0.2) is 0 Å². The van der Waals surface area contributed by atoms with Crippen LogP contribution in [0.25, 0.3) is 0 Å². The van der Waals surface area contributed by atoms with Gasteiger partial charge >= 0.3 is 5.97 Å². The number of allylic oxidation sites excluding steroid dienone is 1. The minimum atomic E-state index is -1.35. The SMILES string of the molecule is C=CCCC(=O)N[C@@H](COC)[C@@H](OC(=O)[C@@H]1[C@@H]2CC[C@]3(O2)[C@H](C(=O)N(CC=C)c2c(C)cccc2Cl)N([C@H](C)CO)C(=O)[C@@H]13)c1ccccc1. The number of benzene rings is 2. The number of para-hydroxylation sites is 1. The topological polar surface area (TPSA) is 135 Å². The number of hydrogen-bond acceptors (Lipinski definition) is 8. The van der Waals surface area contributed by atoms with E-state index in [1.165, 1.54) is 16.9 Å². The monoisotopic (exact) mass is 707 g/mol. The Kier molecular flexibility index (Phi) is 11.8. The number of nitrogens with one attached hydrogen (secondary N) is 1. The highest BCUT2D eigenvalue weighted by molar-refractivity contribution is 6.34. The second kappa shape index (κ2) is 15.9. The van der Waals surface area contributed by atoms with Crippen molar-refractivity contribution in [1.29, 1.82) is 0 Å². The molecule has 5 rings (SSSR count).